The molecule has 1 aromatic carbocycles. The molecule has 0 radical (unpaired) electrons. The first-order valence-electron chi connectivity index (χ1n) is 3.61. The van der Waals surface area contributed by atoms with Crippen LogP contribution in [0.2, 0.25) is 5.02 Å². The molecule has 13 heavy (non-hydrogen) atoms. The van der Waals surface area contributed by atoms with E-state index < -0.39 is 0 Å². The molecule has 1 heterocycles. The molecule has 0 bridgehead atoms. The monoisotopic (exact) mass is 214 g/mol. The molecule has 3 nitrogen and oxygen atoms in total. The van der Waals surface area contributed by atoms with Crippen LogP contribution in [0.3, 0.4) is 0 Å². The van der Waals surface area contributed by atoms with Crippen molar-refractivity contribution >= 4 is 38.3 Å². The number of nitrogens with zero attached hydrogens (tertiary/aromatic N) is 1. The number of rotatable bonds is 1. The Balaban J connectivity index is 2.78. The standard InChI is InChI=1S/C8H7ClN2OS/c1-12-5-3-2-4-7(6(5)9)13-8(10)11-4/h2-3H,1H3,(H2,10,11). The minimum absolute atomic E-state index is 0.519. The summed E-state index contributed by atoms with van der Waals surface area (Å²) in [5.41, 5.74) is 6.37. The van der Waals surface area contributed by atoms with Crippen LogP contribution in [0.25, 0.3) is 10.2 Å². The SMILES string of the molecule is COc1ccc2nc(N)sc2c1Cl. The Labute approximate surface area is 84.1 Å². The summed E-state index contributed by atoms with van der Waals surface area (Å²) >= 11 is 7.41. The van der Waals surface area contributed by atoms with Gasteiger partial charge in [0.15, 0.2) is 5.13 Å². The van der Waals surface area contributed by atoms with Gasteiger partial charge in [-0.05, 0) is 12.1 Å². The first-order valence-corrected chi connectivity index (χ1v) is 4.80. The fourth-order valence-electron chi connectivity index (χ4n) is 1.12. The van der Waals surface area contributed by atoms with Gasteiger partial charge in [0, 0.05) is 0 Å². The van der Waals surface area contributed by atoms with Gasteiger partial charge in [-0.25, -0.2) is 4.98 Å². The molecule has 1 aromatic heterocycles. The van der Waals surface area contributed by atoms with Crippen molar-refractivity contribution in [2.45, 2.75) is 0 Å². The van der Waals surface area contributed by atoms with Crippen LogP contribution in [0.1, 0.15) is 0 Å². The summed E-state index contributed by atoms with van der Waals surface area (Å²) in [6, 6.07) is 3.62. The molecule has 0 amide bonds. The molecule has 5 heteroatoms. The molecule has 0 aliphatic heterocycles. The summed E-state index contributed by atoms with van der Waals surface area (Å²) in [4.78, 5) is 4.11. The molecule has 0 saturated carbocycles. The number of aromatic nitrogens is 1. The van der Waals surface area contributed by atoms with E-state index in [4.69, 9.17) is 22.1 Å². The van der Waals surface area contributed by atoms with Crippen LogP contribution in [0.4, 0.5) is 5.13 Å². The van der Waals surface area contributed by atoms with Crippen LogP contribution in [-0.4, -0.2) is 12.1 Å². The van der Waals surface area contributed by atoms with E-state index in [0.29, 0.717) is 15.9 Å². The number of halogens is 1. The van der Waals surface area contributed by atoms with Crippen molar-refractivity contribution < 1.29 is 4.74 Å². The van der Waals surface area contributed by atoms with Crippen molar-refractivity contribution in [3.63, 3.8) is 0 Å². The van der Waals surface area contributed by atoms with Crippen molar-refractivity contribution in [3.05, 3.63) is 17.2 Å². The molecule has 2 N–H and O–H groups in total. The van der Waals surface area contributed by atoms with Gasteiger partial charge in [0.25, 0.3) is 0 Å². The quantitative estimate of drug-likeness (QED) is 0.794. The van der Waals surface area contributed by atoms with Crippen LogP contribution in [0, 0.1) is 0 Å². The number of ether oxygens (including phenoxy) is 1. The van der Waals surface area contributed by atoms with Crippen LogP contribution in [0.15, 0.2) is 12.1 Å². The number of hydrogen-bond acceptors (Lipinski definition) is 4. The summed E-state index contributed by atoms with van der Waals surface area (Å²) in [6.07, 6.45) is 0. The highest BCUT2D eigenvalue weighted by Crippen LogP contribution is 2.36. The fourth-order valence-corrected chi connectivity index (χ4v) is 2.23. The van der Waals surface area contributed by atoms with Crippen molar-refractivity contribution in [2.75, 3.05) is 12.8 Å². The Morgan fingerprint density at radius 3 is 3.00 bits per heavy atom. The van der Waals surface area contributed by atoms with Gasteiger partial charge in [-0.2, -0.15) is 0 Å². The van der Waals surface area contributed by atoms with Gasteiger partial charge in [0.2, 0.25) is 0 Å². The van der Waals surface area contributed by atoms with Crippen molar-refractivity contribution in [3.8, 4) is 5.75 Å². The third kappa shape index (κ3) is 1.32. The number of hydrogen-bond donors (Lipinski definition) is 1. The fraction of sp³-hybridized carbons (Fsp3) is 0.125. The highest BCUT2D eigenvalue weighted by atomic mass is 35.5. The predicted octanol–water partition coefficient (Wildman–Crippen LogP) is 2.54. The minimum Gasteiger partial charge on any atom is -0.495 e. The summed E-state index contributed by atoms with van der Waals surface area (Å²) in [5.74, 6) is 0.651. The maximum atomic E-state index is 6.04. The van der Waals surface area contributed by atoms with E-state index in [1.54, 1.807) is 13.2 Å². The Morgan fingerprint density at radius 1 is 1.54 bits per heavy atom. The zero-order valence-electron chi connectivity index (χ0n) is 6.87. The number of nitrogen functional groups attached to an aromatic ring is 1. The molecular weight excluding hydrogens is 208 g/mol. The first-order chi connectivity index (χ1) is 6.22. The normalized spacial score (nSPS) is 10.6. The molecule has 68 valence electrons. The molecule has 0 unspecified atom stereocenters. The van der Waals surface area contributed by atoms with Gasteiger partial charge >= 0.3 is 0 Å². The zero-order valence-corrected chi connectivity index (χ0v) is 8.45. The molecule has 0 aliphatic carbocycles. The lowest BCUT2D eigenvalue weighted by atomic mass is 10.3. The second kappa shape index (κ2) is 3.05. The Hall–Kier alpha value is -1.00. The van der Waals surface area contributed by atoms with Crippen LogP contribution in [0.5, 0.6) is 5.75 Å². The number of anilines is 1. The highest BCUT2D eigenvalue weighted by molar-refractivity contribution is 7.22. The van der Waals surface area contributed by atoms with E-state index >= 15 is 0 Å². The van der Waals surface area contributed by atoms with Gasteiger partial charge in [-0.15, -0.1) is 0 Å². The van der Waals surface area contributed by atoms with Gasteiger partial charge < -0.3 is 10.5 Å². The summed E-state index contributed by atoms with van der Waals surface area (Å²) in [6.45, 7) is 0. The lowest BCUT2D eigenvalue weighted by molar-refractivity contribution is 0.415. The smallest absolute Gasteiger partial charge is 0.181 e. The molecule has 0 spiro atoms. The van der Waals surface area contributed by atoms with E-state index in [2.05, 4.69) is 4.98 Å². The van der Waals surface area contributed by atoms with Gasteiger partial charge in [-0.1, -0.05) is 22.9 Å². The third-order valence-electron chi connectivity index (χ3n) is 1.70. The van der Waals surface area contributed by atoms with Crippen LogP contribution < -0.4 is 10.5 Å². The molecule has 0 aliphatic rings. The van der Waals surface area contributed by atoms with E-state index in [-0.39, 0.29) is 0 Å². The Bertz CT molecular complexity index is 455. The first kappa shape index (κ1) is 8.59. The largest absolute Gasteiger partial charge is 0.495 e. The third-order valence-corrected chi connectivity index (χ3v) is 3.10. The number of thiazole rings is 1. The molecule has 2 rings (SSSR count). The van der Waals surface area contributed by atoms with Crippen molar-refractivity contribution in [2.24, 2.45) is 0 Å². The van der Waals surface area contributed by atoms with E-state index in [1.165, 1.54) is 11.3 Å². The molecule has 0 fully saturated rings. The highest BCUT2D eigenvalue weighted by Gasteiger charge is 2.09. The maximum Gasteiger partial charge on any atom is 0.181 e. The van der Waals surface area contributed by atoms with E-state index in [9.17, 15) is 0 Å². The van der Waals surface area contributed by atoms with Crippen molar-refractivity contribution in [1.82, 2.24) is 4.98 Å². The van der Waals surface area contributed by atoms with Crippen LogP contribution in [-0.2, 0) is 0 Å². The number of benzene rings is 1. The Morgan fingerprint density at radius 2 is 2.31 bits per heavy atom. The number of fused-ring (bicyclic) bond motifs is 1. The number of methoxy groups -OCH3 is 1. The number of nitrogens with two attached hydrogens (primary N) is 1. The zero-order chi connectivity index (χ0) is 9.42. The van der Waals surface area contributed by atoms with Gasteiger partial charge in [-0.3, -0.25) is 0 Å². The second-order valence-electron chi connectivity index (χ2n) is 2.48. The Kier molecular flexibility index (Phi) is 2.01. The topological polar surface area (TPSA) is 48.1 Å². The second-order valence-corrected chi connectivity index (χ2v) is 3.89. The molecule has 0 atom stereocenters. The molecular formula is C8H7ClN2OS. The van der Waals surface area contributed by atoms with Crippen molar-refractivity contribution in [1.29, 1.82) is 0 Å². The van der Waals surface area contributed by atoms with Crippen LogP contribution >= 0.6 is 22.9 Å². The summed E-state index contributed by atoms with van der Waals surface area (Å²) in [5, 5.41) is 1.10. The predicted molar refractivity (Wildman–Crippen MR) is 55.6 cm³/mol. The summed E-state index contributed by atoms with van der Waals surface area (Å²) in [7, 11) is 1.58. The van der Waals surface area contributed by atoms with E-state index in [0.717, 1.165) is 10.2 Å². The van der Waals surface area contributed by atoms with Gasteiger partial charge in [0.05, 0.1) is 17.3 Å². The molecule has 2 aromatic rings. The lowest BCUT2D eigenvalue weighted by Crippen LogP contribution is -1.83. The molecule has 0 saturated heterocycles. The average Bonchev–Trinajstić information content (AvgIpc) is 2.47. The minimum atomic E-state index is 0.519. The van der Waals surface area contributed by atoms with Gasteiger partial charge in [0.1, 0.15) is 10.8 Å². The maximum absolute atomic E-state index is 6.04. The van der Waals surface area contributed by atoms with E-state index in [1.807, 2.05) is 6.07 Å². The average molecular weight is 215 g/mol. The summed E-state index contributed by atoms with van der Waals surface area (Å²) < 4.78 is 5.94. The lowest BCUT2D eigenvalue weighted by Gasteiger charge is -2.01.